The summed E-state index contributed by atoms with van der Waals surface area (Å²) >= 11 is 0.659. The molecule has 0 saturated carbocycles. The molecule has 0 aliphatic carbocycles. The molecule has 3 rings (SSSR count). The first-order valence-corrected chi connectivity index (χ1v) is 8.52. The second kappa shape index (κ2) is 7.43. The van der Waals surface area contributed by atoms with Crippen LogP contribution in [-0.4, -0.2) is 25.5 Å². The van der Waals surface area contributed by atoms with Crippen molar-refractivity contribution in [3.8, 4) is 0 Å². The molecule has 0 spiro atoms. The van der Waals surface area contributed by atoms with E-state index in [1.807, 2.05) is 0 Å². The molecule has 11 heteroatoms. The molecule has 0 amide bonds. The van der Waals surface area contributed by atoms with Gasteiger partial charge in [-0.05, 0) is 23.9 Å². The van der Waals surface area contributed by atoms with E-state index in [-0.39, 0.29) is 15.6 Å². The topological polar surface area (TPSA) is 90.9 Å². The molecule has 0 unspecified atom stereocenters. The van der Waals surface area contributed by atoms with E-state index in [0.717, 1.165) is 13.1 Å². The number of halogens is 3. The Kier molecular flexibility index (Phi) is 5.18. The van der Waals surface area contributed by atoms with Gasteiger partial charge in [0.15, 0.2) is 10.9 Å². The van der Waals surface area contributed by atoms with Crippen molar-refractivity contribution in [2.24, 2.45) is 7.05 Å². The molecule has 0 N–H and O–H groups in total. The van der Waals surface area contributed by atoms with Gasteiger partial charge in [0.05, 0.1) is 9.82 Å². The average molecular weight is 408 g/mol. The minimum Gasteiger partial charge on any atom is -0.301 e. The SMILES string of the molecule is Cn1c(Sc2ccc(C(=O)c3ccccc3)cc2[N+](=O)[O-])nnc1C(F)(F)F. The minimum absolute atomic E-state index is 0.0406. The Hall–Kier alpha value is -3.21. The van der Waals surface area contributed by atoms with Crippen LogP contribution >= 0.6 is 11.8 Å². The molecule has 0 aliphatic rings. The normalized spacial score (nSPS) is 11.4. The molecule has 0 saturated heterocycles. The van der Waals surface area contributed by atoms with Crippen molar-refractivity contribution in [3.63, 3.8) is 0 Å². The van der Waals surface area contributed by atoms with E-state index >= 15 is 0 Å². The molecule has 0 radical (unpaired) electrons. The summed E-state index contributed by atoms with van der Waals surface area (Å²) in [6.45, 7) is 0. The Morgan fingerprint density at radius 2 is 1.79 bits per heavy atom. The summed E-state index contributed by atoms with van der Waals surface area (Å²) in [5, 5.41) is 17.8. The van der Waals surface area contributed by atoms with Gasteiger partial charge in [0.1, 0.15) is 0 Å². The molecule has 0 bridgehead atoms. The van der Waals surface area contributed by atoms with Crippen molar-refractivity contribution in [1.82, 2.24) is 14.8 Å². The molecule has 1 heterocycles. The third-order valence-corrected chi connectivity index (χ3v) is 4.85. The van der Waals surface area contributed by atoms with Gasteiger partial charge >= 0.3 is 6.18 Å². The average Bonchev–Trinajstić information content (AvgIpc) is 3.02. The zero-order valence-corrected chi connectivity index (χ0v) is 15.0. The Morgan fingerprint density at radius 3 is 2.36 bits per heavy atom. The number of benzene rings is 2. The van der Waals surface area contributed by atoms with Crippen LogP contribution in [-0.2, 0) is 13.2 Å². The molecular weight excluding hydrogens is 397 g/mol. The number of hydrogen-bond acceptors (Lipinski definition) is 6. The van der Waals surface area contributed by atoms with E-state index in [1.54, 1.807) is 30.3 Å². The second-order valence-electron chi connectivity index (χ2n) is 5.60. The molecular formula is C17H11F3N4O3S. The standard InChI is InChI=1S/C17H11F3N4O3S/c1-23-15(17(18,19)20)21-22-16(23)28-13-8-7-11(9-12(13)24(26)27)14(25)10-5-3-2-4-6-10/h2-9H,1H3. The highest BCUT2D eigenvalue weighted by atomic mass is 32.2. The van der Waals surface area contributed by atoms with E-state index in [1.165, 1.54) is 12.1 Å². The van der Waals surface area contributed by atoms with Crippen LogP contribution < -0.4 is 0 Å². The van der Waals surface area contributed by atoms with Gasteiger partial charge in [0, 0.05) is 24.2 Å². The predicted octanol–water partition coefficient (Wildman–Crippen LogP) is 4.12. The zero-order valence-electron chi connectivity index (χ0n) is 14.2. The van der Waals surface area contributed by atoms with Crippen molar-refractivity contribution in [3.05, 3.63) is 75.6 Å². The van der Waals surface area contributed by atoms with Gasteiger partial charge in [0.25, 0.3) is 5.69 Å². The third kappa shape index (κ3) is 3.88. The highest BCUT2D eigenvalue weighted by Gasteiger charge is 2.37. The lowest BCUT2D eigenvalue weighted by Gasteiger charge is -2.07. The molecule has 0 fully saturated rings. The fraction of sp³-hybridized carbons (Fsp3) is 0.118. The highest BCUT2D eigenvalue weighted by Crippen LogP contribution is 2.37. The molecule has 0 aliphatic heterocycles. The number of hydrogen-bond donors (Lipinski definition) is 0. The van der Waals surface area contributed by atoms with Crippen LogP contribution in [0.25, 0.3) is 0 Å². The summed E-state index contributed by atoms with van der Waals surface area (Å²) in [5.74, 6) is -1.62. The molecule has 7 nitrogen and oxygen atoms in total. The number of nitro groups is 1. The summed E-state index contributed by atoms with van der Waals surface area (Å²) in [6.07, 6.45) is -4.70. The number of nitro benzene ring substituents is 1. The number of nitrogens with zero attached hydrogens (tertiary/aromatic N) is 4. The fourth-order valence-corrected chi connectivity index (χ4v) is 3.27. The summed E-state index contributed by atoms with van der Waals surface area (Å²) in [6, 6.07) is 12.0. The Labute approximate surface area is 160 Å². The number of aromatic nitrogens is 3. The van der Waals surface area contributed by atoms with Crippen LogP contribution in [0.1, 0.15) is 21.7 Å². The van der Waals surface area contributed by atoms with Gasteiger partial charge in [-0.3, -0.25) is 14.9 Å². The van der Waals surface area contributed by atoms with E-state index in [4.69, 9.17) is 0 Å². The van der Waals surface area contributed by atoms with Crippen LogP contribution in [0.4, 0.5) is 18.9 Å². The first-order valence-electron chi connectivity index (χ1n) is 7.71. The van der Waals surface area contributed by atoms with Crippen molar-refractivity contribution < 1.29 is 22.9 Å². The summed E-state index contributed by atoms with van der Waals surface area (Å²) < 4.78 is 39.2. The van der Waals surface area contributed by atoms with Gasteiger partial charge in [-0.2, -0.15) is 13.2 Å². The largest absolute Gasteiger partial charge is 0.451 e. The third-order valence-electron chi connectivity index (χ3n) is 3.74. The number of ketones is 1. The zero-order chi connectivity index (χ0) is 20.5. The summed E-state index contributed by atoms with van der Waals surface area (Å²) in [5.41, 5.74) is 0.0415. The first kappa shape index (κ1) is 19.5. The van der Waals surface area contributed by atoms with Gasteiger partial charge < -0.3 is 4.57 Å². The second-order valence-corrected chi connectivity index (χ2v) is 6.61. The molecule has 28 heavy (non-hydrogen) atoms. The molecule has 3 aromatic rings. The van der Waals surface area contributed by atoms with Crippen LogP contribution in [0.15, 0.2) is 58.6 Å². The van der Waals surface area contributed by atoms with Gasteiger partial charge in [-0.25, -0.2) is 0 Å². The molecule has 2 aromatic carbocycles. The quantitative estimate of drug-likeness (QED) is 0.358. The highest BCUT2D eigenvalue weighted by molar-refractivity contribution is 7.99. The van der Waals surface area contributed by atoms with Crippen LogP contribution in [0.5, 0.6) is 0 Å². The van der Waals surface area contributed by atoms with Crippen LogP contribution in [0, 0.1) is 10.1 Å². The number of carbonyl (C=O) groups excluding carboxylic acids is 1. The lowest BCUT2D eigenvalue weighted by Crippen LogP contribution is -2.12. The summed E-state index contributed by atoms with van der Waals surface area (Å²) in [7, 11) is 1.12. The number of carbonyl (C=O) groups is 1. The van der Waals surface area contributed by atoms with Crippen LogP contribution in [0.2, 0.25) is 0 Å². The maximum atomic E-state index is 12.8. The maximum Gasteiger partial charge on any atom is 0.451 e. The lowest BCUT2D eigenvalue weighted by atomic mass is 10.0. The van der Waals surface area contributed by atoms with Crippen molar-refractivity contribution in [1.29, 1.82) is 0 Å². The number of rotatable bonds is 5. The van der Waals surface area contributed by atoms with Crippen molar-refractivity contribution in [2.45, 2.75) is 16.2 Å². The molecule has 144 valence electrons. The Morgan fingerprint density at radius 1 is 1.11 bits per heavy atom. The molecule has 0 atom stereocenters. The van der Waals surface area contributed by atoms with E-state index in [0.29, 0.717) is 21.9 Å². The first-order chi connectivity index (χ1) is 13.2. The Bertz CT molecular complexity index is 1050. The van der Waals surface area contributed by atoms with Gasteiger partial charge in [-0.15, -0.1) is 10.2 Å². The predicted molar refractivity (Wildman–Crippen MR) is 93.1 cm³/mol. The fourth-order valence-electron chi connectivity index (χ4n) is 2.39. The van der Waals surface area contributed by atoms with Gasteiger partial charge in [-0.1, -0.05) is 30.3 Å². The van der Waals surface area contributed by atoms with Crippen molar-refractivity contribution in [2.75, 3.05) is 0 Å². The van der Waals surface area contributed by atoms with E-state index in [2.05, 4.69) is 10.2 Å². The monoisotopic (exact) mass is 408 g/mol. The summed E-state index contributed by atoms with van der Waals surface area (Å²) in [4.78, 5) is 23.2. The minimum atomic E-state index is -4.70. The number of alkyl halides is 3. The Balaban J connectivity index is 1.96. The smallest absolute Gasteiger partial charge is 0.301 e. The van der Waals surface area contributed by atoms with Crippen LogP contribution in [0.3, 0.4) is 0 Å². The molecule has 1 aromatic heterocycles. The lowest BCUT2D eigenvalue weighted by molar-refractivity contribution is -0.387. The van der Waals surface area contributed by atoms with Crippen molar-refractivity contribution >= 4 is 23.2 Å². The van der Waals surface area contributed by atoms with E-state index in [9.17, 15) is 28.1 Å². The maximum absolute atomic E-state index is 12.8. The van der Waals surface area contributed by atoms with Gasteiger partial charge in [0.2, 0.25) is 5.82 Å². The van der Waals surface area contributed by atoms with E-state index < -0.39 is 28.4 Å².